The Morgan fingerprint density at radius 1 is 1.19 bits per heavy atom. The topological polar surface area (TPSA) is 78.4 Å². The number of aliphatic carboxylic acids is 1. The van der Waals surface area contributed by atoms with Gasteiger partial charge < -0.3 is 15.7 Å². The minimum Gasteiger partial charge on any atom is -0.478 e. The molecule has 0 spiro atoms. The molecule has 0 unspecified atom stereocenters. The van der Waals surface area contributed by atoms with Gasteiger partial charge in [-0.15, -0.1) is 0 Å². The van der Waals surface area contributed by atoms with Crippen molar-refractivity contribution in [1.82, 2.24) is 5.32 Å². The Morgan fingerprint density at radius 3 is 2.57 bits per heavy atom. The number of nitrogens with one attached hydrogen (secondary N) is 2. The average Bonchev–Trinajstić information content (AvgIpc) is 2.98. The molecule has 1 aromatic carbocycles. The standard InChI is InChI=1S/C15H14N2O3S/c18-14(19)6-3-11-1-4-13(5-2-11)17-15(20)16-9-12-7-8-21-10-12/h1-8,10H,9H2,(H,18,19)(H2,16,17,20). The van der Waals surface area contributed by atoms with Crippen LogP contribution in [0, 0.1) is 0 Å². The van der Waals surface area contributed by atoms with Crippen LogP contribution in [0.25, 0.3) is 6.08 Å². The third-order valence-electron chi connectivity index (χ3n) is 2.62. The van der Waals surface area contributed by atoms with E-state index in [2.05, 4.69) is 10.6 Å². The quantitative estimate of drug-likeness (QED) is 0.742. The van der Waals surface area contributed by atoms with Gasteiger partial charge in [0.2, 0.25) is 0 Å². The van der Waals surface area contributed by atoms with Crippen molar-refractivity contribution in [2.45, 2.75) is 6.54 Å². The molecular formula is C15H14N2O3S. The zero-order valence-electron chi connectivity index (χ0n) is 11.1. The van der Waals surface area contributed by atoms with Crippen LogP contribution in [0.4, 0.5) is 10.5 Å². The summed E-state index contributed by atoms with van der Waals surface area (Å²) in [4.78, 5) is 22.1. The number of carbonyl (C=O) groups excluding carboxylic acids is 1. The van der Waals surface area contributed by atoms with Crippen molar-refractivity contribution in [3.63, 3.8) is 0 Å². The van der Waals surface area contributed by atoms with Crippen LogP contribution < -0.4 is 10.6 Å². The van der Waals surface area contributed by atoms with Crippen LogP contribution in [0.1, 0.15) is 11.1 Å². The molecule has 3 N–H and O–H groups in total. The first-order valence-corrected chi connectivity index (χ1v) is 7.15. The highest BCUT2D eigenvalue weighted by Gasteiger charge is 2.01. The van der Waals surface area contributed by atoms with Gasteiger partial charge in [0.05, 0.1) is 0 Å². The fourth-order valence-corrected chi connectivity index (χ4v) is 2.26. The first-order chi connectivity index (χ1) is 10.1. The van der Waals surface area contributed by atoms with E-state index in [1.807, 2.05) is 16.8 Å². The number of anilines is 1. The lowest BCUT2D eigenvalue weighted by atomic mass is 10.2. The Hall–Kier alpha value is -2.60. The largest absolute Gasteiger partial charge is 0.478 e. The van der Waals surface area contributed by atoms with E-state index in [1.165, 1.54) is 6.08 Å². The van der Waals surface area contributed by atoms with Crippen molar-refractivity contribution >= 4 is 35.1 Å². The number of hydrogen-bond donors (Lipinski definition) is 3. The molecule has 0 aliphatic heterocycles. The summed E-state index contributed by atoms with van der Waals surface area (Å²) in [6.45, 7) is 0.481. The molecule has 0 radical (unpaired) electrons. The van der Waals surface area contributed by atoms with Crippen molar-refractivity contribution in [2.24, 2.45) is 0 Å². The molecule has 0 aliphatic rings. The van der Waals surface area contributed by atoms with E-state index in [4.69, 9.17) is 5.11 Å². The summed E-state index contributed by atoms with van der Waals surface area (Å²) in [6, 6.07) is 8.56. The molecule has 0 bridgehead atoms. The summed E-state index contributed by atoms with van der Waals surface area (Å²) < 4.78 is 0. The molecule has 2 aromatic rings. The van der Waals surface area contributed by atoms with E-state index in [9.17, 15) is 9.59 Å². The van der Waals surface area contributed by atoms with Gasteiger partial charge in [0.25, 0.3) is 0 Å². The lowest BCUT2D eigenvalue weighted by Gasteiger charge is -2.07. The van der Waals surface area contributed by atoms with Crippen molar-refractivity contribution < 1.29 is 14.7 Å². The predicted octanol–water partition coefficient (Wildman–Crippen LogP) is 3.17. The van der Waals surface area contributed by atoms with Crippen LogP contribution in [0.2, 0.25) is 0 Å². The Kier molecular flexibility index (Phi) is 5.11. The van der Waals surface area contributed by atoms with Gasteiger partial charge in [-0.2, -0.15) is 11.3 Å². The number of hydrogen-bond acceptors (Lipinski definition) is 3. The number of rotatable bonds is 5. The zero-order valence-corrected chi connectivity index (χ0v) is 11.9. The molecule has 21 heavy (non-hydrogen) atoms. The Balaban J connectivity index is 1.85. The number of carboxylic acid groups (broad SMARTS) is 1. The maximum Gasteiger partial charge on any atom is 0.328 e. The molecule has 0 aliphatic carbocycles. The summed E-state index contributed by atoms with van der Waals surface area (Å²) in [5, 5.41) is 17.9. The molecule has 1 aromatic heterocycles. The van der Waals surface area contributed by atoms with Crippen LogP contribution in [0.5, 0.6) is 0 Å². The summed E-state index contributed by atoms with van der Waals surface area (Å²) in [7, 11) is 0. The monoisotopic (exact) mass is 302 g/mol. The van der Waals surface area contributed by atoms with E-state index < -0.39 is 5.97 Å². The molecule has 2 amide bonds. The fraction of sp³-hybridized carbons (Fsp3) is 0.0667. The summed E-state index contributed by atoms with van der Waals surface area (Å²) in [5.74, 6) is -0.995. The summed E-state index contributed by atoms with van der Waals surface area (Å²) in [5.41, 5.74) is 2.45. The van der Waals surface area contributed by atoms with Crippen molar-refractivity contribution in [3.8, 4) is 0 Å². The van der Waals surface area contributed by atoms with Gasteiger partial charge in [0, 0.05) is 18.3 Å². The minimum atomic E-state index is -0.995. The molecular weight excluding hydrogens is 288 g/mol. The summed E-state index contributed by atoms with van der Waals surface area (Å²) in [6.07, 6.45) is 2.55. The second-order valence-corrected chi connectivity index (χ2v) is 5.01. The second-order valence-electron chi connectivity index (χ2n) is 4.23. The third kappa shape index (κ3) is 5.12. The Labute approximate surface area is 125 Å². The maximum absolute atomic E-state index is 11.7. The maximum atomic E-state index is 11.7. The smallest absolute Gasteiger partial charge is 0.328 e. The van der Waals surface area contributed by atoms with Crippen molar-refractivity contribution in [1.29, 1.82) is 0 Å². The van der Waals surface area contributed by atoms with Gasteiger partial charge in [-0.05, 0) is 46.2 Å². The molecule has 0 atom stereocenters. The highest BCUT2D eigenvalue weighted by atomic mass is 32.1. The van der Waals surface area contributed by atoms with Crippen molar-refractivity contribution in [3.05, 3.63) is 58.3 Å². The highest BCUT2D eigenvalue weighted by Crippen LogP contribution is 2.11. The van der Waals surface area contributed by atoms with E-state index in [1.54, 1.807) is 35.6 Å². The Bertz CT molecular complexity index is 633. The lowest BCUT2D eigenvalue weighted by molar-refractivity contribution is -0.131. The lowest BCUT2D eigenvalue weighted by Crippen LogP contribution is -2.27. The van der Waals surface area contributed by atoms with E-state index in [-0.39, 0.29) is 6.03 Å². The molecule has 5 nitrogen and oxygen atoms in total. The van der Waals surface area contributed by atoms with Gasteiger partial charge in [-0.1, -0.05) is 12.1 Å². The number of carbonyl (C=O) groups is 2. The highest BCUT2D eigenvalue weighted by molar-refractivity contribution is 7.07. The van der Waals surface area contributed by atoms with E-state index in [0.29, 0.717) is 12.2 Å². The fourth-order valence-electron chi connectivity index (χ4n) is 1.60. The van der Waals surface area contributed by atoms with Gasteiger partial charge in [0.1, 0.15) is 0 Å². The van der Waals surface area contributed by atoms with Gasteiger partial charge in [0.15, 0.2) is 0 Å². The molecule has 6 heteroatoms. The van der Waals surface area contributed by atoms with Crippen LogP contribution >= 0.6 is 11.3 Å². The second kappa shape index (κ2) is 7.25. The molecule has 0 saturated heterocycles. The average molecular weight is 302 g/mol. The molecule has 1 heterocycles. The number of benzene rings is 1. The molecule has 0 fully saturated rings. The predicted molar refractivity (Wildman–Crippen MR) is 83.3 cm³/mol. The first-order valence-electron chi connectivity index (χ1n) is 6.20. The number of amides is 2. The van der Waals surface area contributed by atoms with Crippen LogP contribution in [-0.4, -0.2) is 17.1 Å². The molecule has 2 rings (SSSR count). The number of thiophene rings is 1. The van der Waals surface area contributed by atoms with Gasteiger partial charge in [-0.3, -0.25) is 0 Å². The number of carboxylic acids is 1. The number of urea groups is 1. The van der Waals surface area contributed by atoms with Crippen LogP contribution in [0.15, 0.2) is 47.2 Å². The van der Waals surface area contributed by atoms with Crippen LogP contribution in [-0.2, 0) is 11.3 Å². The zero-order chi connectivity index (χ0) is 15.1. The third-order valence-corrected chi connectivity index (χ3v) is 3.35. The minimum absolute atomic E-state index is 0.282. The molecule has 0 saturated carbocycles. The van der Waals surface area contributed by atoms with Gasteiger partial charge >= 0.3 is 12.0 Å². The first kappa shape index (κ1) is 14.8. The Morgan fingerprint density at radius 2 is 1.95 bits per heavy atom. The van der Waals surface area contributed by atoms with E-state index in [0.717, 1.165) is 17.2 Å². The normalized spacial score (nSPS) is 10.5. The summed E-state index contributed by atoms with van der Waals surface area (Å²) >= 11 is 1.58. The molecule has 108 valence electrons. The van der Waals surface area contributed by atoms with Crippen LogP contribution in [0.3, 0.4) is 0 Å². The SMILES string of the molecule is O=C(O)C=Cc1ccc(NC(=O)NCc2ccsc2)cc1. The van der Waals surface area contributed by atoms with Crippen molar-refractivity contribution in [2.75, 3.05) is 5.32 Å². The van der Waals surface area contributed by atoms with Gasteiger partial charge in [-0.25, -0.2) is 9.59 Å². The van der Waals surface area contributed by atoms with E-state index >= 15 is 0 Å².